The number of hydrogen-bond donors (Lipinski definition) is 3. The van der Waals surface area contributed by atoms with Crippen molar-refractivity contribution in [2.24, 2.45) is 0 Å². The summed E-state index contributed by atoms with van der Waals surface area (Å²) in [5, 5.41) is 23.8. The van der Waals surface area contributed by atoms with Gasteiger partial charge in [0.1, 0.15) is 6.10 Å². The van der Waals surface area contributed by atoms with Crippen LogP contribution in [0.15, 0.2) is 12.2 Å². The van der Waals surface area contributed by atoms with E-state index in [4.69, 9.17) is 4.74 Å². The Morgan fingerprint density at radius 3 is 1.29 bits per heavy atom. The predicted octanol–water partition coefficient (Wildman–Crippen LogP) is 15.3. The number of amides is 1. The van der Waals surface area contributed by atoms with Crippen molar-refractivity contribution in [1.82, 2.24) is 5.32 Å². The lowest BCUT2D eigenvalue weighted by molar-refractivity contribution is -0.151. The molecule has 0 spiro atoms. The fourth-order valence-electron chi connectivity index (χ4n) is 8.14. The molecule has 0 rings (SSSR count). The molecule has 6 nitrogen and oxygen atoms in total. The van der Waals surface area contributed by atoms with Gasteiger partial charge in [-0.25, -0.2) is 0 Å². The van der Waals surface area contributed by atoms with Crippen molar-refractivity contribution in [1.29, 1.82) is 0 Å². The highest BCUT2D eigenvalue weighted by molar-refractivity contribution is 5.77. The first-order valence-electron chi connectivity index (χ1n) is 25.9. The summed E-state index contributed by atoms with van der Waals surface area (Å²) in [5.41, 5.74) is 0. The molecule has 0 aliphatic heterocycles. The number of allylic oxidation sites excluding steroid dienone is 2. The Morgan fingerprint density at radius 1 is 0.483 bits per heavy atom. The van der Waals surface area contributed by atoms with Crippen LogP contribution in [-0.4, -0.2) is 46.9 Å². The Hall–Kier alpha value is -1.40. The zero-order valence-electron chi connectivity index (χ0n) is 39.2. The minimum absolute atomic E-state index is 0.0813. The number of esters is 1. The highest BCUT2D eigenvalue weighted by atomic mass is 16.5. The third-order valence-electron chi connectivity index (χ3n) is 12.1. The topological polar surface area (TPSA) is 95.9 Å². The van der Waals surface area contributed by atoms with Crippen LogP contribution >= 0.6 is 0 Å². The Balaban J connectivity index is 4.50. The van der Waals surface area contributed by atoms with Crippen LogP contribution in [0.2, 0.25) is 0 Å². The van der Waals surface area contributed by atoms with Crippen LogP contribution in [0.25, 0.3) is 0 Å². The summed E-state index contributed by atoms with van der Waals surface area (Å²) < 4.78 is 5.92. The van der Waals surface area contributed by atoms with Gasteiger partial charge in [0, 0.05) is 6.42 Å². The number of unbranched alkanes of at least 4 members (excludes halogenated alkanes) is 33. The average Bonchev–Trinajstić information content (AvgIpc) is 3.22. The maximum Gasteiger partial charge on any atom is 0.306 e. The van der Waals surface area contributed by atoms with Crippen molar-refractivity contribution in [2.45, 2.75) is 302 Å². The molecule has 0 aromatic heterocycles. The number of aliphatic hydroxyl groups excluding tert-OH is 2. The lowest BCUT2D eigenvalue weighted by atomic mass is 10.0. The number of nitrogens with one attached hydrogen (secondary N) is 1. The molecule has 0 radical (unpaired) electrons. The van der Waals surface area contributed by atoms with Gasteiger partial charge < -0.3 is 20.3 Å². The molecule has 1 amide bonds. The standard InChI is InChI=1S/C52H101NO5/c1-4-7-10-13-16-19-22-24-26-27-29-31-34-37-40-43-48(58-52(57)45-42-39-36-33-21-18-15-12-9-6-3)46-51(56)53-49(47-54)50(55)44-41-38-35-32-30-28-25-23-20-17-14-11-8-5-2/h12,15,48-50,54-55H,4-11,13-14,16-47H2,1-3H3,(H,53,56)/b15-12-. The molecule has 0 aromatic rings. The SMILES string of the molecule is CCC/C=C\CCCCCCCC(=O)OC(CCCCCCCCCCCCCCCCC)CC(=O)NC(CO)C(O)CCCCCCCCCCCCCCCC. The molecule has 3 unspecified atom stereocenters. The van der Waals surface area contributed by atoms with Crippen molar-refractivity contribution in [3.8, 4) is 0 Å². The maximum atomic E-state index is 13.2. The van der Waals surface area contributed by atoms with Crippen LogP contribution in [0.5, 0.6) is 0 Å². The van der Waals surface area contributed by atoms with Gasteiger partial charge >= 0.3 is 5.97 Å². The van der Waals surface area contributed by atoms with Gasteiger partial charge in [0.2, 0.25) is 5.91 Å². The van der Waals surface area contributed by atoms with Gasteiger partial charge in [-0.15, -0.1) is 0 Å². The minimum atomic E-state index is -0.782. The highest BCUT2D eigenvalue weighted by Crippen LogP contribution is 2.19. The molecule has 0 saturated heterocycles. The molecule has 0 fully saturated rings. The summed E-state index contributed by atoms with van der Waals surface area (Å²) in [6.45, 7) is 6.45. The van der Waals surface area contributed by atoms with Crippen LogP contribution in [0, 0.1) is 0 Å². The lowest BCUT2D eigenvalue weighted by Crippen LogP contribution is -2.46. The highest BCUT2D eigenvalue weighted by Gasteiger charge is 2.24. The minimum Gasteiger partial charge on any atom is -0.462 e. The summed E-state index contributed by atoms with van der Waals surface area (Å²) in [7, 11) is 0. The zero-order valence-corrected chi connectivity index (χ0v) is 39.2. The fourth-order valence-corrected chi connectivity index (χ4v) is 8.14. The van der Waals surface area contributed by atoms with E-state index in [1.54, 1.807) is 0 Å². The summed E-state index contributed by atoms with van der Waals surface area (Å²) >= 11 is 0. The van der Waals surface area contributed by atoms with Gasteiger partial charge in [0.15, 0.2) is 0 Å². The molecule has 6 heteroatoms. The van der Waals surface area contributed by atoms with Crippen molar-refractivity contribution in [2.75, 3.05) is 6.61 Å². The molecule has 0 bridgehead atoms. The molecular formula is C52H101NO5. The monoisotopic (exact) mass is 820 g/mol. The molecule has 0 aliphatic rings. The smallest absolute Gasteiger partial charge is 0.306 e. The summed E-state index contributed by atoms with van der Waals surface area (Å²) in [4.78, 5) is 26.1. The van der Waals surface area contributed by atoms with Crippen molar-refractivity contribution < 1.29 is 24.5 Å². The second-order valence-corrected chi connectivity index (χ2v) is 17.9. The van der Waals surface area contributed by atoms with Crippen LogP contribution in [-0.2, 0) is 14.3 Å². The van der Waals surface area contributed by atoms with Crippen LogP contribution < -0.4 is 5.32 Å². The van der Waals surface area contributed by atoms with Gasteiger partial charge in [0.25, 0.3) is 0 Å². The van der Waals surface area contributed by atoms with Crippen molar-refractivity contribution >= 4 is 11.9 Å². The Labute approximate surface area is 361 Å². The van der Waals surface area contributed by atoms with E-state index in [9.17, 15) is 19.8 Å². The number of ether oxygens (including phenoxy) is 1. The second-order valence-electron chi connectivity index (χ2n) is 17.9. The molecule has 0 heterocycles. The van der Waals surface area contributed by atoms with E-state index < -0.39 is 18.2 Å². The predicted molar refractivity (Wildman–Crippen MR) is 250 cm³/mol. The largest absolute Gasteiger partial charge is 0.462 e. The molecule has 3 N–H and O–H groups in total. The quantitative estimate of drug-likeness (QED) is 0.0323. The summed E-state index contributed by atoms with van der Waals surface area (Å²) in [6.07, 6.45) is 51.3. The third kappa shape index (κ3) is 41.3. The second kappa shape index (κ2) is 46.7. The van der Waals surface area contributed by atoms with Gasteiger partial charge in [-0.1, -0.05) is 238 Å². The Bertz CT molecular complexity index is 878. The average molecular weight is 820 g/mol. The Morgan fingerprint density at radius 2 is 0.862 bits per heavy atom. The molecule has 0 saturated carbocycles. The van der Waals surface area contributed by atoms with Crippen LogP contribution in [0.1, 0.15) is 284 Å². The lowest BCUT2D eigenvalue weighted by Gasteiger charge is -2.24. The molecular weight excluding hydrogens is 719 g/mol. The van der Waals surface area contributed by atoms with Gasteiger partial charge in [-0.2, -0.15) is 0 Å². The number of rotatable bonds is 47. The normalized spacial score (nSPS) is 13.3. The number of hydrogen-bond acceptors (Lipinski definition) is 5. The zero-order chi connectivity index (χ0) is 42.4. The number of carbonyl (C=O) groups is 2. The van der Waals surface area contributed by atoms with E-state index in [0.717, 1.165) is 57.8 Å². The van der Waals surface area contributed by atoms with E-state index in [-0.39, 0.29) is 24.9 Å². The molecule has 3 atom stereocenters. The Kier molecular flexibility index (Phi) is 45.5. The van der Waals surface area contributed by atoms with Gasteiger partial charge in [0.05, 0.1) is 25.2 Å². The van der Waals surface area contributed by atoms with E-state index >= 15 is 0 Å². The summed E-state index contributed by atoms with van der Waals surface area (Å²) in [6, 6.07) is -0.696. The molecule has 58 heavy (non-hydrogen) atoms. The van der Waals surface area contributed by atoms with Crippen LogP contribution in [0.3, 0.4) is 0 Å². The number of aliphatic hydroxyl groups is 2. The first kappa shape index (κ1) is 56.6. The molecule has 0 aliphatic carbocycles. The van der Waals surface area contributed by atoms with Gasteiger partial charge in [-0.05, 0) is 44.9 Å². The van der Waals surface area contributed by atoms with E-state index in [1.807, 2.05) is 0 Å². The number of carbonyl (C=O) groups excluding carboxylic acids is 2. The maximum absolute atomic E-state index is 13.2. The van der Waals surface area contributed by atoms with Crippen molar-refractivity contribution in [3.63, 3.8) is 0 Å². The van der Waals surface area contributed by atoms with E-state index in [0.29, 0.717) is 19.3 Å². The fraction of sp³-hybridized carbons (Fsp3) is 0.923. The molecule has 344 valence electrons. The molecule has 0 aromatic carbocycles. The first-order chi connectivity index (χ1) is 28.5. The van der Waals surface area contributed by atoms with Gasteiger partial charge in [-0.3, -0.25) is 9.59 Å². The third-order valence-corrected chi connectivity index (χ3v) is 12.1. The van der Waals surface area contributed by atoms with Crippen LogP contribution in [0.4, 0.5) is 0 Å². The van der Waals surface area contributed by atoms with E-state index in [2.05, 4.69) is 38.2 Å². The van der Waals surface area contributed by atoms with E-state index in [1.165, 1.54) is 180 Å². The summed E-state index contributed by atoms with van der Waals surface area (Å²) in [5.74, 6) is -0.469. The first-order valence-corrected chi connectivity index (χ1v) is 25.9. The van der Waals surface area contributed by atoms with Crippen molar-refractivity contribution in [3.05, 3.63) is 12.2 Å².